The summed E-state index contributed by atoms with van der Waals surface area (Å²) in [7, 11) is -2.04. The second kappa shape index (κ2) is 5.82. The zero-order valence-electron chi connectivity index (χ0n) is 9.68. The minimum absolute atomic E-state index is 0.251. The monoisotopic (exact) mass is 425 g/mol. The molecule has 0 fully saturated rings. The number of halogens is 2. The Morgan fingerprint density at radius 2 is 1.95 bits per heavy atom. The van der Waals surface area contributed by atoms with E-state index < -0.39 is 10.0 Å². The predicted molar refractivity (Wildman–Crippen MR) is 83.5 cm³/mol. The summed E-state index contributed by atoms with van der Waals surface area (Å²) in [5.74, 6) is 0.563. The molecule has 19 heavy (non-hydrogen) atoms. The summed E-state index contributed by atoms with van der Waals surface area (Å²) in [5.41, 5.74) is 0.449. The maximum absolute atomic E-state index is 12.1. The molecule has 0 atom stereocenters. The Hall–Kier alpha value is -0.570. The smallest absolute Gasteiger partial charge is 0.271 e. The molecule has 1 aromatic carbocycles. The van der Waals surface area contributed by atoms with Crippen LogP contribution in [0, 0.1) is 0 Å². The van der Waals surface area contributed by atoms with Crippen molar-refractivity contribution in [2.24, 2.45) is 0 Å². The molecule has 2 rings (SSSR count). The molecule has 0 aliphatic rings. The van der Waals surface area contributed by atoms with E-state index in [0.29, 0.717) is 11.4 Å². The molecule has 0 saturated carbocycles. The molecule has 0 bridgehead atoms. The highest BCUT2D eigenvalue weighted by Crippen LogP contribution is 2.31. The van der Waals surface area contributed by atoms with E-state index in [-0.39, 0.29) is 4.21 Å². The molecule has 0 saturated heterocycles. The van der Waals surface area contributed by atoms with E-state index in [1.165, 1.54) is 7.11 Å². The molecule has 0 amide bonds. The number of ether oxygens (including phenoxy) is 1. The first-order valence-corrected chi connectivity index (χ1v) is 8.92. The normalized spacial score (nSPS) is 11.3. The number of benzene rings is 1. The van der Waals surface area contributed by atoms with Crippen LogP contribution in [0.4, 0.5) is 5.69 Å². The number of rotatable bonds is 4. The molecule has 2 aromatic rings. The zero-order valence-corrected chi connectivity index (χ0v) is 14.5. The standard InChI is InChI=1S/C11H9Br2NO3S2/c1-17-9-6-7(2-3-8(9)12)14-19(15,16)11-5-4-10(13)18-11/h2-6,14H,1H3. The number of hydrogen-bond donors (Lipinski definition) is 1. The Morgan fingerprint density at radius 3 is 2.53 bits per heavy atom. The van der Waals surface area contributed by atoms with Crippen molar-refractivity contribution in [1.82, 2.24) is 0 Å². The van der Waals surface area contributed by atoms with Gasteiger partial charge in [0.2, 0.25) is 0 Å². The van der Waals surface area contributed by atoms with Crippen LogP contribution in [-0.2, 0) is 10.0 Å². The van der Waals surface area contributed by atoms with E-state index in [0.717, 1.165) is 19.6 Å². The van der Waals surface area contributed by atoms with Gasteiger partial charge in [-0.15, -0.1) is 11.3 Å². The fraction of sp³-hybridized carbons (Fsp3) is 0.0909. The first-order chi connectivity index (χ1) is 8.92. The van der Waals surface area contributed by atoms with Crippen LogP contribution in [0.3, 0.4) is 0 Å². The van der Waals surface area contributed by atoms with Crippen LogP contribution in [-0.4, -0.2) is 15.5 Å². The van der Waals surface area contributed by atoms with E-state index in [9.17, 15) is 8.42 Å². The number of nitrogens with one attached hydrogen (secondary N) is 1. The lowest BCUT2D eigenvalue weighted by Crippen LogP contribution is -2.11. The number of methoxy groups -OCH3 is 1. The largest absolute Gasteiger partial charge is 0.495 e. The molecule has 0 radical (unpaired) electrons. The average Bonchev–Trinajstić information content (AvgIpc) is 2.79. The van der Waals surface area contributed by atoms with Gasteiger partial charge in [0.05, 0.1) is 21.1 Å². The Morgan fingerprint density at radius 1 is 1.21 bits per heavy atom. The molecule has 0 spiro atoms. The summed E-state index contributed by atoms with van der Waals surface area (Å²) in [6.45, 7) is 0. The van der Waals surface area contributed by atoms with Gasteiger partial charge in [-0.1, -0.05) is 0 Å². The van der Waals surface area contributed by atoms with E-state index in [1.807, 2.05) is 0 Å². The highest BCUT2D eigenvalue weighted by Gasteiger charge is 2.17. The summed E-state index contributed by atoms with van der Waals surface area (Å²) in [4.78, 5) is 0. The molecule has 4 nitrogen and oxygen atoms in total. The van der Waals surface area contributed by atoms with Crippen LogP contribution in [0.2, 0.25) is 0 Å². The van der Waals surface area contributed by atoms with Crippen molar-refractivity contribution in [1.29, 1.82) is 0 Å². The van der Waals surface area contributed by atoms with Crippen molar-refractivity contribution in [2.45, 2.75) is 4.21 Å². The van der Waals surface area contributed by atoms with Gasteiger partial charge in [-0.25, -0.2) is 8.42 Å². The molecule has 1 aromatic heterocycles. The van der Waals surface area contributed by atoms with E-state index in [4.69, 9.17) is 4.74 Å². The second-order valence-electron chi connectivity index (χ2n) is 3.51. The van der Waals surface area contributed by atoms with Crippen LogP contribution < -0.4 is 9.46 Å². The fourth-order valence-corrected chi connectivity index (χ4v) is 4.84. The van der Waals surface area contributed by atoms with Crippen molar-refractivity contribution in [3.63, 3.8) is 0 Å². The minimum Gasteiger partial charge on any atom is -0.495 e. The topological polar surface area (TPSA) is 55.4 Å². The summed E-state index contributed by atoms with van der Waals surface area (Å²) in [6.07, 6.45) is 0. The number of thiophene rings is 1. The molecule has 0 aliphatic heterocycles. The SMILES string of the molecule is COc1cc(NS(=O)(=O)c2ccc(Br)s2)ccc1Br. The van der Waals surface area contributed by atoms with E-state index in [2.05, 4.69) is 36.6 Å². The Bertz CT molecular complexity index is 698. The van der Waals surface area contributed by atoms with Crippen molar-refractivity contribution < 1.29 is 13.2 Å². The van der Waals surface area contributed by atoms with Crippen LogP contribution in [0.15, 0.2) is 42.8 Å². The minimum atomic E-state index is -3.56. The predicted octanol–water partition coefficient (Wildman–Crippen LogP) is 4.08. The highest BCUT2D eigenvalue weighted by atomic mass is 79.9. The van der Waals surface area contributed by atoms with Crippen LogP contribution >= 0.6 is 43.2 Å². The Kier molecular flexibility index (Phi) is 4.54. The number of hydrogen-bond acceptors (Lipinski definition) is 4. The Balaban J connectivity index is 2.30. The van der Waals surface area contributed by atoms with Gasteiger partial charge in [0, 0.05) is 6.07 Å². The molecule has 0 unspecified atom stereocenters. The third-order valence-corrected chi connectivity index (χ3v) is 6.37. The number of sulfonamides is 1. The van der Waals surface area contributed by atoms with Crippen molar-refractivity contribution in [3.05, 3.63) is 38.6 Å². The molecule has 1 N–H and O–H groups in total. The van der Waals surface area contributed by atoms with Gasteiger partial charge in [0.15, 0.2) is 0 Å². The molecule has 8 heteroatoms. The van der Waals surface area contributed by atoms with Gasteiger partial charge < -0.3 is 4.74 Å². The maximum atomic E-state index is 12.1. The zero-order chi connectivity index (χ0) is 14.0. The summed E-state index contributed by atoms with van der Waals surface area (Å²) in [5, 5.41) is 0. The molecular formula is C11H9Br2NO3S2. The van der Waals surface area contributed by atoms with Gasteiger partial charge in [0.1, 0.15) is 9.96 Å². The molecule has 102 valence electrons. The first kappa shape index (κ1) is 14.8. The maximum Gasteiger partial charge on any atom is 0.271 e. The number of anilines is 1. The van der Waals surface area contributed by atoms with Crippen molar-refractivity contribution in [2.75, 3.05) is 11.8 Å². The van der Waals surface area contributed by atoms with Crippen LogP contribution in [0.25, 0.3) is 0 Å². The fourth-order valence-electron chi connectivity index (χ4n) is 1.37. The lowest BCUT2D eigenvalue weighted by Gasteiger charge is -2.09. The second-order valence-corrected chi connectivity index (χ2v) is 8.74. The van der Waals surface area contributed by atoms with Gasteiger partial charge in [-0.3, -0.25) is 4.72 Å². The Labute approximate surface area is 132 Å². The van der Waals surface area contributed by atoms with Gasteiger partial charge in [0.25, 0.3) is 10.0 Å². The van der Waals surface area contributed by atoms with Crippen LogP contribution in [0.5, 0.6) is 5.75 Å². The van der Waals surface area contributed by atoms with Crippen LogP contribution in [0.1, 0.15) is 0 Å². The summed E-state index contributed by atoms with van der Waals surface area (Å²) >= 11 is 7.71. The van der Waals surface area contributed by atoms with Crippen molar-refractivity contribution in [3.8, 4) is 5.75 Å². The summed E-state index contributed by atoms with van der Waals surface area (Å²) < 4.78 is 33.7. The quantitative estimate of drug-likeness (QED) is 0.801. The molecule has 0 aliphatic carbocycles. The summed E-state index contributed by atoms with van der Waals surface area (Å²) in [6, 6.07) is 8.24. The van der Waals surface area contributed by atoms with E-state index in [1.54, 1.807) is 30.3 Å². The van der Waals surface area contributed by atoms with Gasteiger partial charge >= 0.3 is 0 Å². The lowest BCUT2D eigenvalue weighted by molar-refractivity contribution is 0.412. The van der Waals surface area contributed by atoms with Gasteiger partial charge in [-0.05, 0) is 56.1 Å². The third-order valence-electron chi connectivity index (χ3n) is 2.22. The lowest BCUT2D eigenvalue weighted by atomic mass is 10.3. The molecular weight excluding hydrogens is 418 g/mol. The van der Waals surface area contributed by atoms with E-state index >= 15 is 0 Å². The average molecular weight is 427 g/mol. The first-order valence-electron chi connectivity index (χ1n) is 5.04. The highest BCUT2D eigenvalue weighted by molar-refractivity contribution is 9.11. The van der Waals surface area contributed by atoms with Gasteiger partial charge in [-0.2, -0.15) is 0 Å². The molecule has 1 heterocycles. The third kappa shape index (κ3) is 3.50. The van der Waals surface area contributed by atoms with Crippen molar-refractivity contribution >= 4 is 58.9 Å².